The van der Waals surface area contributed by atoms with Crippen LogP contribution in [0.5, 0.6) is 5.75 Å². The molecule has 0 N–H and O–H groups in total. The van der Waals surface area contributed by atoms with Gasteiger partial charge in [-0.25, -0.2) is 0 Å². The van der Waals surface area contributed by atoms with Crippen molar-refractivity contribution in [3.63, 3.8) is 0 Å². The van der Waals surface area contributed by atoms with Crippen LogP contribution in [0.3, 0.4) is 0 Å². The predicted octanol–water partition coefficient (Wildman–Crippen LogP) is 1.72. The third-order valence-corrected chi connectivity index (χ3v) is 4.16. The fourth-order valence-electron chi connectivity index (χ4n) is 2.72. The van der Waals surface area contributed by atoms with Gasteiger partial charge in [-0.1, -0.05) is 18.2 Å². The van der Waals surface area contributed by atoms with Gasteiger partial charge in [0, 0.05) is 25.6 Å². The molecule has 2 fully saturated rings. The molecule has 2 unspecified atom stereocenters. The molecule has 0 spiro atoms. The number of ether oxygens (including phenoxy) is 3. The summed E-state index contributed by atoms with van der Waals surface area (Å²) >= 11 is 0. The zero-order chi connectivity index (χ0) is 15.4. The number of hydrogen-bond acceptors (Lipinski definition) is 4. The Bertz CT molecular complexity index is 481. The molecule has 22 heavy (non-hydrogen) atoms. The van der Waals surface area contributed by atoms with Crippen molar-refractivity contribution in [1.82, 2.24) is 4.90 Å². The van der Waals surface area contributed by atoms with Gasteiger partial charge in [-0.2, -0.15) is 0 Å². The summed E-state index contributed by atoms with van der Waals surface area (Å²) in [7, 11) is 0. The first-order valence-electron chi connectivity index (χ1n) is 7.92. The lowest BCUT2D eigenvalue weighted by Gasteiger charge is -2.40. The van der Waals surface area contributed by atoms with Crippen LogP contribution in [0, 0.1) is 5.92 Å². The van der Waals surface area contributed by atoms with E-state index in [4.69, 9.17) is 14.2 Å². The monoisotopic (exact) mass is 305 g/mol. The van der Waals surface area contributed by atoms with E-state index in [0.29, 0.717) is 19.0 Å². The van der Waals surface area contributed by atoms with Crippen molar-refractivity contribution < 1.29 is 19.0 Å². The van der Waals surface area contributed by atoms with Gasteiger partial charge >= 0.3 is 0 Å². The Kier molecular flexibility index (Phi) is 4.95. The van der Waals surface area contributed by atoms with Gasteiger partial charge in [0.05, 0.1) is 19.3 Å². The Morgan fingerprint density at radius 3 is 2.82 bits per heavy atom. The highest BCUT2D eigenvalue weighted by atomic mass is 16.5. The zero-order valence-corrected chi connectivity index (χ0v) is 12.9. The second-order valence-electron chi connectivity index (χ2n) is 6.00. The molecule has 2 atom stereocenters. The topological polar surface area (TPSA) is 48.0 Å². The van der Waals surface area contributed by atoms with Crippen LogP contribution in [0.1, 0.15) is 13.3 Å². The molecule has 5 nitrogen and oxygen atoms in total. The summed E-state index contributed by atoms with van der Waals surface area (Å²) < 4.78 is 16.8. The number of hydrogen-bond donors (Lipinski definition) is 0. The Morgan fingerprint density at radius 1 is 1.36 bits per heavy atom. The van der Waals surface area contributed by atoms with Gasteiger partial charge in [0.25, 0.3) is 5.91 Å². The molecule has 0 saturated carbocycles. The Balaban J connectivity index is 1.37. The van der Waals surface area contributed by atoms with E-state index in [2.05, 4.69) is 0 Å². The first-order chi connectivity index (χ1) is 10.7. The summed E-state index contributed by atoms with van der Waals surface area (Å²) in [6, 6.07) is 9.43. The first-order valence-corrected chi connectivity index (χ1v) is 7.92. The SMILES string of the molecule is CC(Oc1ccccc1)C(=O)N1CC(OCC2CCOC2)C1. The van der Waals surface area contributed by atoms with E-state index in [0.717, 1.165) is 32.0 Å². The maximum absolute atomic E-state index is 12.3. The number of carbonyl (C=O) groups excluding carboxylic acids is 1. The molecule has 1 aromatic carbocycles. The van der Waals surface area contributed by atoms with Crippen LogP contribution in [0.25, 0.3) is 0 Å². The maximum Gasteiger partial charge on any atom is 0.263 e. The fraction of sp³-hybridized carbons (Fsp3) is 0.588. The molecule has 2 aliphatic heterocycles. The van der Waals surface area contributed by atoms with E-state index < -0.39 is 6.10 Å². The van der Waals surface area contributed by atoms with Crippen LogP contribution in [0.2, 0.25) is 0 Å². The first kappa shape index (κ1) is 15.3. The lowest BCUT2D eigenvalue weighted by atomic mass is 10.1. The normalized spacial score (nSPS) is 23.1. The van der Waals surface area contributed by atoms with Gasteiger partial charge in [-0.05, 0) is 25.5 Å². The van der Waals surface area contributed by atoms with Crippen molar-refractivity contribution in [1.29, 1.82) is 0 Å². The molecule has 0 aromatic heterocycles. The maximum atomic E-state index is 12.3. The van der Waals surface area contributed by atoms with Gasteiger partial charge in [0.15, 0.2) is 6.10 Å². The molecule has 0 aliphatic carbocycles. The fourth-order valence-corrected chi connectivity index (χ4v) is 2.72. The molecule has 1 amide bonds. The van der Waals surface area contributed by atoms with Crippen molar-refractivity contribution >= 4 is 5.91 Å². The highest BCUT2D eigenvalue weighted by molar-refractivity contribution is 5.81. The van der Waals surface area contributed by atoms with Gasteiger partial charge in [-0.3, -0.25) is 4.79 Å². The molecular formula is C17H23NO4. The summed E-state index contributed by atoms with van der Waals surface area (Å²) in [4.78, 5) is 14.1. The molecule has 3 rings (SSSR count). The van der Waals surface area contributed by atoms with Crippen molar-refractivity contribution in [2.75, 3.05) is 32.9 Å². The molecular weight excluding hydrogens is 282 g/mol. The minimum absolute atomic E-state index is 0.0212. The van der Waals surface area contributed by atoms with Gasteiger partial charge < -0.3 is 19.1 Å². The quantitative estimate of drug-likeness (QED) is 0.803. The molecule has 1 aromatic rings. The molecule has 120 valence electrons. The van der Waals surface area contributed by atoms with Crippen molar-refractivity contribution in [3.8, 4) is 5.75 Å². The average molecular weight is 305 g/mol. The zero-order valence-electron chi connectivity index (χ0n) is 12.9. The van der Waals surface area contributed by atoms with Crippen LogP contribution in [-0.4, -0.2) is 55.9 Å². The van der Waals surface area contributed by atoms with Crippen molar-refractivity contribution in [3.05, 3.63) is 30.3 Å². The summed E-state index contributed by atoms with van der Waals surface area (Å²) in [5, 5.41) is 0. The average Bonchev–Trinajstić information content (AvgIpc) is 2.99. The smallest absolute Gasteiger partial charge is 0.263 e. The van der Waals surface area contributed by atoms with Crippen molar-refractivity contribution in [2.45, 2.75) is 25.6 Å². The second kappa shape index (κ2) is 7.11. The minimum Gasteiger partial charge on any atom is -0.481 e. The largest absolute Gasteiger partial charge is 0.481 e. The highest BCUT2D eigenvalue weighted by Crippen LogP contribution is 2.19. The Hall–Kier alpha value is -1.59. The van der Waals surface area contributed by atoms with E-state index >= 15 is 0 Å². The molecule has 5 heteroatoms. The molecule has 2 heterocycles. The predicted molar refractivity (Wildman–Crippen MR) is 81.8 cm³/mol. The number of carbonyl (C=O) groups is 1. The van der Waals surface area contributed by atoms with E-state index in [1.807, 2.05) is 30.3 Å². The lowest BCUT2D eigenvalue weighted by Crippen LogP contribution is -2.58. The van der Waals surface area contributed by atoms with Crippen LogP contribution in [-0.2, 0) is 14.3 Å². The molecule has 0 radical (unpaired) electrons. The number of likely N-dealkylation sites (tertiary alicyclic amines) is 1. The van der Waals surface area contributed by atoms with Crippen LogP contribution >= 0.6 is 0 Å². The number of rotatable bonds is 6. The van der Waals surface area contributed by atoms with Crippen LogP contribution in [0.4, 0.5) is 0 Å². The third-order valence-electron chi connectivity index (χ3n) is 4.16. The summed E-state index contributed by atoms with van der Waals surface area (Å²) in [6.07, 6.45) is 0.775. The summed E-state index contributed by atoms with van der Waals surface area (Å²) in [6.45, 7) is 5.50. The Morgan fingerprint density at radius 2 is 2.14 bits per heavy atom. The summed E-state index contributed by atoms with van der Waals surface area (Å²) in [5.74, 6) is 1.26. The van der Waals surface area contributed by atoms with E-state index in [1.165, 1.54) is 0 Å². The summed E-state index contributed by atoms with van der Waals surface area (Å²) in [5.41, 5.74) is 0. The minimum atomic E-state index is -0.466. The van der Waals surface area contributed by atoms with E-state index in [-0.39, 0.29) is 12.0 Å². The Labute approximate surface area is 131 Å². The second-order valence-corrected chi connectivity index (χ2v) is 6.00. The lowest BCUT2D eigenvalue weighted by molar-refractivity contribution is -0.152. The van der Waals surface area contributed by atoms with E-state index in [9.17, 15) is 4.79 Å². The van der Waals surface area contributed by atoms with E-state index in [1.54, 1.807) is 11.8 Å². The van der Waals surface area contributed by atoms with Crippen molar-refractivity contribution in [2.24, 2.45) is 5.92 Å². The number of amides is 1. The molecule has 0 bridgehead atoms. The third kappa shape index (κ3) is 3.78. The van der Waals surface area contributed by atoms with Crippen LogP contribution < -0.4 is 4.74 Å². The number of para-hydroxylation sites is 1. The van der Waals surface area contributed by atoms with Gasteiger partial charge in [0.1, 0.15) is 5.75 Å². The van der Waals surface area contributed by atoms with Gasteiger partial charge in [0.2, 0.25) is 0 Å². The molecule has 2 aliphatic rings. The number of benzene rings is 1. The van der Waals surface area contributed by atoms with Crippen LogP contribution in [0.15, 0.2) is 30.3 Å². The standard InChI is InChI=1S/C17H23NO4/c1-13(22-15-5-3-2-4-6-15)17(19)18-9-16(10-18)21-12-14-7-8-20-11-14/h2-6,13-14,16H,7-12H2,1H3. The highest BCUT2D eigenvalue weighted by Gasteiger charge is 2.35. The van der Waals surface area contributed by atoms with Gasteiger partial charge in [-0.15, -0.1) is 0 Å². The molecule has 2 saturated heterocycles. The number of nitrogens with zero attached hydrogens (tertiary/aromatic N) is 1.